The highest BCUT2D eigenvalue weighted by atomic mass is 79.9. The third-order valence-electron chi connectivity index (χ3n) is 7.67. The van der Waals surface area contributed by atoms with Gasteiger partial charge in [0, 0.05) is 32.8 Å². The molecule has 0 radical (unpaired) electrons. The fourth-order valence-corrected chi connectivity index (χ4v) is 6.87. The minimum atomic E-state index is -1.03. The Kier molecular flexibility index (Phi) is 6.33. The molecule has 0 amide bonds. The van der Waals surface area contributed by atoms with Gasteiger partial charge in [0.15, 0.2) is 5.54 Å². The van der Waals surface area contributed by atoms with Gasteiger partial charge in [-0.2, -0.15) is 0 Å². The summed E-state index contributed by atoms with van der Waals surface area (Å²) in [5.74, 6) is -0.350. The second-order valence-corrected chi connectivity index (χ2v) is 11.4. The van der Waals surface area contributed by atoms with E-state index in [9.17, 15) is 4.79 Å². The Labute approximate surface area is 234 Å². The smallest absolute Gasteiger partial charge is 0.337 e. The summed E-state index contributed by atoms with van der Waals surface area (Å²) in [5.41, 5.74) is 4.41. The SMILES string of the molecule is COC(=O)[C@]1(c2ccccc2)[C@H]2C[C@@H](N(Cc3ccccc3)c3ccc(Br)cc32)N1c1ccc(Br)cc1. The number of nitrogens with zero attached hydrogens (tertiary/aromatic N) is 2. The van der Waals surface area contributed by atoms with Crippen LogP contribution in [-0.2, 0) is 21.6 Å². The summed E-state index contributed by atoms with van der Waals surface area (Å²) in [7, 11) is 1.50. The lowest BCUT2D eigenvalue weighted by atomic mass is 9.73. The Morgan fingerprint density at radius 3 is 2.22 bits per heavy atom. The molecule has 6 heteroatoms. The lowest BCUT2D eigenvalue weighted by molar-refractivity contribution is -0.148. The molecule has 2 aliphatic rings. The minimum Gasteiger partial charge on any atom is -0.467 e. The van der Waals surface area contributed by atoms with Gasteiger partial charge in [0.1, 0.15) is 6.17 Å². The van der Waals surface area contributed by atoms with Crippen molar-refractivity contribution in [1.29, 1.82) is 0 Å². The maximum atomic E-state index is 14.2. The van der Waals surface area contributed by atoms with Gasteiger partial charge in [-0.05, 0) is 65.6 Å². The van der Waals surface area contributed by atoms with Gasteiger partial charge in [-0.15, -0.1) is 0 Å². The molecule has 4 nitrogen and oxygen atoms in total. The number of fused-ring (bicyclic) bond motifs is 5. The number of anilines is 2. The first-order chi connectivity index (χ1) is 18.0. The number of rotatable bonds is 5. The number of methoxy groups -OCH3 is 1. The second kappa shape index (κ2) is 9.66. The van der Waals surface area contributed by atoms with Gasteiger partial charge in [0.25, 0.3) is 0 Å². The van der Waals surface area contributed by atoms with Crippen molar-refractivity contribution < 1.29 is 9.53 Å². The second-order valence-electron chi connectivity index (χ2n) is 9.56. The molecule has 1 fully saturated rings. The number of benzene rings is 4. The fraction of sp³-hybridized carbons (Fsp3) is 0.194. The van der Waals surface area contributed by atoms with E-state index in [0.29, 0.717) is 0 Å². The molecule has 4 aromatic carbocycles. The fourth-order valence-electron chi connectivity index (χ4n) is 6.23. The molecule has 2 aliphatic heterocycles. The van der Waals surface area contributed by atoms with Crippen molar-refractivity contribution in [1.82, 2.24) is 0 Å². The van der Waals surface area contributed by atoms with Gasteiger partial charge in [0.2, 0.25) is 0 Å². The van der Waals surface area contributed by atoms with Crippen LogP contribution < -0.4 is 9.80 Å². The number of hydrogen-bond acceptors (Lipinski definition) is 4. The Bertz CT molecular complexity index is 1430. The summed E-state index contributed by atoms with van der Waals surface area (Å²) in [6.07, 6.45) is 0.732. The largest absolute Gasteiger partial charge is 0.467 e. The predicted octanol–water partition coefficient (Wildman–Crippen LogP) is 7.62. The first-order valence-electron chi connectivity index (χ1n) is 12.3. The number of carbonyl (C=O) groups excluding carboxylic acids is 1. The molecule has 3 atom stereocenters. The van der Waals surface area contributed by atoms with E-state index in [1.807, 2.05) is 36.4 Å². The zero-order valence-corrected chi connectivity index (χ0v) is 23.5. The summed E-state index contributed by atoms with van der Waals surface area (Å²) in [6.45, 7) is 0.728. The van der Waals surface area contributed by atoms with Crippen LogP contribution in [0.3, 0.4) is 0 Å². The minimum absolute atomic E-state index is 0.0561. The molecule has 6 rings (SSSR count). The zero-order chi connectivity index (χ0) is 25.6. The summed E-state index contributed by atoms with van der Waals surface area (Å²) in [6, 6.07) is 35.3. The van der Waals surface area contributed by atoms with Crippen molar-refractivity contribution in [2.75, 3.05) is 16.9 Å². The Morgan fingerprint density at radius 1 is 0.892 bits per heavy atom. The normalized spacial score (nSPS) is 22.0. The van der Waals surface area contributed by atoms with Crippen LogP contribution in [0.15, 0.2) is 112 Å². The quantitative estimate of drug-likeness (QED) is 0.216. The molecule has 0 aromatic heterocycles. The molecular weight excluding hydrogens is 592 g/mol. The molecule has 186 valence electrons. The topological polar surface area (TPSA) is 32.8 Å². The maximum absolute atomic E-state index is 14.2. The van der Waals surface area contributed by atoms with Crippen molar-refractivity contribution in [3.8, 4) is 0 Å². The van der Waals surface area contributed by atoms with Gasteiger partial charge in [-0.25, -0.2) is 4.79 Å². The van der Waals surface area contributed by atoms with Crippen LogP contribution >= 0.6 is 31.9 Å². The Hall–Kier alpha value is -3.09. The van der Waals surface area contributed by atoms with Crippen molar-refractivity contribution in [2.24, 2.45) is 0 Å². The van der Waals surface area contributed by atoms with Gasteiger partial charge < -0.3 is 14.5 Å². The summed E-state index contributed by atoms with van der Waals surface area (Å²) < 4.78 is 7.65. The van der Waals surface area contributed by atoms with E-state index in [2.05, 4.69) is 108 Å². The van der Waals surface area contributed by atoms with E-state index in [1.165, 1.54) is 12.7 Å². The number of esters is 1. The predicted molar refractivity (Wildman–Crippen MR) is 155 cm³/mol. The average Bonchev–Trinajstić information content (AvgIpc) is 3.25. The zero-order valence-electron chi connectivity index (χ0n) is 20.4. The highest BCUT2D eigenvalue weighted by molar-refractivity contribution is 9.10. The van der Waals surface area contributed by atoms with Gasteiger partial charge in [-0.1, -0.05) is 92.5 Å². The van der Waals surface area contributed by atoms with E-state index in [-0.39, 0.29) is 18.1 Å². The van der Waals surface area contributed by atoms with Crippen molar-refractivity contribution >= 4 is 49.2 Å². The monoisotopic (exact) mass is 616 g/mol. The third-order valence-corrected chi connectivity index (χ3v) is 8.70. The molecule has 37 heavy (non-hydrogen) atoms. The lowest BCUT2D eigenvalue weighted by Crippen LogP contribution is -2.56. The first-order valence-corrected chi connectivity index (χ1v) is 13.9. The van der Waals surface area contributed by atoms with E-state index >= 15 is 0 Å². The number of hydrogen-bond donors (Lipinski definition) is 0. The summed E-state index contributed by atoms with van der Waals surface area (Å²) in [4.78, 5) is 18.9. The van der Waals surface area contributed by atoms with Crippen LogP contribution in [0.4, 0.5) is 11.4 Å². The number of ether oxygens (including phenoxy) is 1. The van der Waals surface area contributed by atoms with Crippen LogP contribution in [0, 0.1) is 0 Å². The van der Waals surface area contributed by atoms with Crippen LogP contribution in [0.1, 0.15) is 29.0 Å². The Morgan fingerprint density at radius 2 is 1.54 bits per heavy atom. The van der Waals surface area contributed by atoms with Crippen LogP contribution in [-0.4, -0.2) is 19.2 Å². The molecule has 0 aliphatic carbocycles. The van der Waals surface area contributed by atoms with E-state index < -0.39 is 5.54 Å². The lowest BCUT2D eigenvalue weighted by Gasteiger charge is -2.44. The third kappa shape index (κ3) is 3.89. The standard InChI is InChI=1S/C31H26Br2N2O2/c1-37-30(36)31(22-10-6-3-7-11-22)27-19-29(35(31)25-15-12-23(32)13-16-25)34(20-21-8-4-2-5-9-21)28-17-14-24(33)18-26(27)28/h2-18,27,29H,19-20H2,1H3/t27-,29-,31-/m0/s1. The molecule has 0 saturated carbocycles. The highest BCUT2D eigenvalue weighted by Gasteiger charge is 2.64. The average molecular weight is 618 g/mol. The van der Waals surface area contributed by atoms with Crippen molar-refractivity contribution in [3.63, 3.8) is 0 Å². The van der Waals surface area contributed by atoms with Crippen molar-refractivity contribution in [3.05, 3.63) is 129 Å². The van der Waals surface area contributed by atoms with Crippen molar-refractivity contribution in [2.45, 2.75) is 30.6 Å². The molecule has 4 aromatic rings. The van der Waals surface area contributed by atoms with Gasteiger partial charge in [-0.3, -0.25) is 0 Å². The highest BCUT2D eigenvalue weighted by Crippen LogP contribution is 2.60. The number of carbonyl (C=O) groups is 1. The van der Waals surface area contributed by atoms with E-state index in [4.69, 9.17) is 4.74 Å². The van der Waals surface area contributed by atoms with E-state index in [1.54, 1.807) is 0 Å². The number of halogens is 2. The molecule has 0 spiro atoms. The molecule has 0 N–H and O–H groups in total. The van der Waals surface area contributed by atoms with Crippen LogP contribution in [0.25, 0.3) is 0 Å². The molecule has 1 saturated heterocycles. The molecular formula is C31H26Br2N2O2. The molecule has 2 heterocycles. The molecule has 2 bridgehead atoms. The maximum Gasteiger partial charge on any atom is 0.337 e. The first kappa shape index (κ1) is 24.3. The summed E-state index contributed by atoms with van der Waals surface area (Å²) in [5, 5.41) is 0. The van der Waals surface area contributed by atoms with Crippen LogP contribution in [0.5, 0.6) is 0 Å². The summed E-state index contributed by atoms with van der Waals surface area (Å²) >= 11 is 7.30. The van der Waals surface area contributed by atoms with E-state index in [0.717, 1.165) is 44.4 Å². The van der Waals surface area contributed by atoms with Gasteiger partial charge in [0.05, 0.1) is 7.11 Å². The van der Waals surface area contributed by atoms with Crippen LogP contribution in [0.2, 0.25) is 0 Å². The molecule has 0 unspecified atom stereocenters. The van der Waals surface area contributed by atoms with Gasteiger partial charge >= 0.3 is 5.97 Å². The Balaban J connectivity index is 1.65.